The average Bonchev–Trinajstić information content (AvgIpc) is 2.57. The van der Waals surface area contributed by atoms with E-state index in [-0.39, 0.29) is 5.91 Å². The number of hydrogen-bond donors (Lipinski definition) is 1. The second kappa shape index (κ2) is 6.98. The summed E-state index contributed by atoms with van der Waals surface area (Å²) >= 11 is 6.41. The molecule has 0 unspecified atom stereocenters. The quantitative estimate of drug-likeness (QED) is 0.940. The van der Waals surface area contributed by atoms with Crippen molar-refractivity contribution in [2.75, 3.05) is 43.4 Å². The van der Waals surface area contributed by atoms with Crippen LogP contribution in [-0.2, 0) is 0 Å². The fourth-order valence-corrected chi connectivity index (χ4v) is 2.95. The smallest absolute Gasteiger partial charge is 0.257 e. The van der Waals surface area contributed by atoms with Crippen molar-refractivity contribution in [3.05, 3.63) is 53.3 Å². The highest BCUT2D eigenvalue weighted by molar-refractivity contribution is 6.34. The Bertz CT molecular complexity index is 684. The maximum absolute atomic E-state index is 12.4. The van der Waals surface area contributed by atoms with Crippen molar-refractivity contribution in [2.45, 2.75) is 0 Å². The highest BCUT2D eigenvalue weighted by Crippen LogP contribution is 2.34. The maximum atomic E-state index is 12.4. The molecule has 1 fully saturated rings. The van der Waals surface area contributed by atoms with Crippen LogP contribution in [0.25, 0.3) is 0 Å². The van der Waals surface area contributed by atoms with Crippen LogP contribution in [0.15, 0.2) is 42.7 Å². The van der Waals surface area contributed by atoms with Gasteiger partial charge in [0.25, 0.3) is 5.91 Å². The number of aromatic nitrogens is 1. The van der Waals surface area contributed by atoms with Gasteiger partial charge in [0, 0.05) is 38.6 Å². The summed E-state index contributed by atoms with van der Waals surface area (Å²) in [6, 6.07) is 9.07. The second-order valence-corrected chi connectivity index (χ2v) is 6.03. The standard InChI is InChI=1S/C17H19ClN4O/c1-21-8-10-22(11-9-21)16-14(18)5-2-6-15(16)20-17(23)13-4-3-7-19-12-13/h2-7,12H,8-11H2,1H3,(H,20,23). The molecule has 2 heterocycles. The highest BCUT2D eigenvalue weighted by Gasteiger charge is 2.20. The van der Waals surface area contributed by atoms with E-state index in [2.05, 4.69) is 27.1 Å². The molecule has 5 nitrogen and oxygen atoms in total. The number of carbonyl (C=O) groups is 1. The number of pyridine rings is 1. The van der Waals surface area contributed by atoms with Crippen LogP contribution in [-0.4, -0.2) is 49.0 Å². The van der Waals surface area contributed by atoms with Crippen molar-refractivity contribution < 1.29 is 4.79 Å². The molecule has 1 aliphatic heterocycles. The molecule has 0 aliphatic carbocycles. The Hall–Kier alpha value is -2.11. The lowest BCUT2D eigenvalue weighted by atomic mass is 10.2. The Kier molecular flexibility index (Phi) is 4.79. The van der Waals surface area contributed by atoms with Gasteiger partial charge < -0.3 is 15.1 Å². The lowest BCUT2D eigenvalue weighted by Gasteiger charge is -2.35. The van der Waals surface area contributed by atoms with Crippen LogP contribution in [0.2, 0.25) is 5.02 Å². The van der Waals surface area contributed by atoms with Crippen molar-refractivity contribution >= 4 is 28.9 Å². The van der Waals surface area contributed by atoms with Gasteiger partial charge >= 0.3 is 0 Å². The van der Waals surface area contributed by atoms with Crippen molar-refractivity contribution in [1.29, 1.82) is 0 Å². The molecular weight excluding hydrogens is 312 g/mol. The van der Waals surface area contributed by atoms with Crippen molar-refractivity contribution in [3.8, 4) is 0 Å². The molecule has 0 radical (unpaired) electrons. The first-order chi connectivity index (χ1) is 11.1. The number of piperazine rings is 1. The number of amides is 1. The predicted molar refractivity (Wildman–Crippen MR) is 93.4 cm³/mol. The van der Waals surface area contributed by atoms with Gasteiger partial charge in [-0.05, 0) is 31.3 Å². The van der Waals surface area contributed by atoms with Gasteiger partial charge in [-0.3, -0.25) is 9.78 Å². The average molecular weight is 331 g/mol. The molecule has 120 valence electrons. The summed E-state index contributed by atoms with van der Waals surface area (Å²) in [4.78, 5) is 20.9. The molecule has 1 saturated heterocycles. The summed E-state index contributed by atoms with van der Waals surface area (Å²) in [5, 5.41) is 3.61. The van der Waals surface area contributed by atoms with Crippen LogP contribution in [0, 0.1) is 0 Å². The number of nitrogens with zero attached hydrogens (tertiary/aromatic N) is 3. The largest absolute Gasteiger partial charge is 0.366 e. The van der Waals surface area contributed by atoms with Crippen LogP contribution in [0.4, 0.5) is 11.4 Å². The molecule has 0 saturated carbocycles. The fourth-order valence-electron chi connectivity index (χ4n) is 2.66. The molecule has 0 spiro atoms. The number of benzene rings is 1. The van der Waals surface area contributed by atoms with Gasteiger partial charge in [-0.25, -0.2) is 0 Å². The lowest BCUT2D eigenvalue weighted by Crippen LogP contribution is -2.44. The third kappa shape index (κ3) is 3.63. The topological polar surface area (TPSA) is 48.5 Å². The summed E-state index contributed by atoms with van der Waals surface area (Å²) in [6.07, 6.45) is 3.20. The third-order valence-electron chi connectivity index (χ3n) is 3.98. The minimum atomic E-state index is -0.184. The Morgan fingerprint density at radius 2 is 1.96 bits per heavy atom. The number of halogens is 1. The van der Waals surface area contributed by atoms with Gasteiger partial charge in [0.1, 0.15) is 0 Å². The number of para-hydroxylation sites is 1. The molecule has 0 atom stereocenters. The van der Waals surface area contributed by atoms with Gasteiger partial charge in [0.05, 0.1) is 22.0 Å². The van der Waals surface area contributed by atoms with E-state index in [0.29, 0.717) is 10.6 Å². The van der Waals surface area contributed by atoms with E-state index >= 15 is 0 Å². The number of hydrogen-bond acceptors (Lipinski definition) is 4. The third-order valence-corrected chi connectivity index (χ3v) is 4.28. The molecule has 2 aromatic rings. The van der Waals surface area contributed by atoms with Gasteiger partial charge in [0.2, 0.25) is 0 Å². The first kappa shape index (κ1) is 15.8. The number of rotatable bonds is 3. The number of anilines is 2. The molecule has 1 aliphatic rings. The van der Waals surface area contributed by atoms with E-state index in [1.54, 1.807) is 24.5 Å². The first-order valence-electron chi connectivity index (χ1n) is 7.58. The van der Waals surface area contributed by atoms with E-state index in [4.69, 9.17) is 11.6 Å². The van der Waals surface area contributed by atoms with Crippen LogP contribution in [0.1, 0.15) is 10.4 Å². The van der Waals surface area contributed by atoms with Crippen LogP contribution >= 0.6 is 11.6 Å². The predicted octanol–water partition coefficient (Wildman–Crippen LogP) is 2.74. The van der Waals surface area contributed by atoms with E-state index in [0.717, 1.165) is 37.6 Å². The summed E-state index contributed by atoms with van der Waals surface area (Å²) in [7, 11) is 2.11. The Balaban J connectivity index is 1.85. The van der Waals surface area contributed by atoms with Crippen LogP contribution < -0.4 is 10.2 Å². The summed E-state index contributed by atoms with van der Waals surface area (Å²) < 4.78 is 0. The van der Waals surface area contributed by atoms with Crippen LogP contribution in [0.5, 0.6) is 0 Å². The molecule has 1 N–H and O–H groups in total. The van der Waals surface area contributed by atoms with Gasteiger partial charge in [-0.15, -0.1) is 0 Å². The SMILES string of the molecule is CN1CCN(c2c(Cl)cccc2NC(=O)c2cccnc2)CC1. The van der Waals surface area contributed by atoms with Crippen LogP contribution in [0.3, 0.4) is 0 Å². The molecule has 1 aromatic carbocycles. The molecular formula is C17H19ClN4O. The number of nitrogens with one attached hydrogen (secondary N) is 1. The lowest BCUT2D eigenvalue weighted by molar-refractivity contribution is 0.102. The fraction of sp³-hybridized carbons (Fsp3) is 0.294. The zero-order chi connectivity index (χ0) is 16.2. The van der Waals surface area contributed by atoms with E-state index < -0.39 is 0 Å². The molecule has 1 aromatic heterocycles. The first-order valence-corrected chi connectivity index (χ1v) is 7.96. The highest BCUT2D eigenvalue weighted by atomic mass is 35.5. The summed E-state index contributed by atoms with van der Waals surface area (Å²) in [5.41, 5.74) is 2.15. The van der Waals surface area contributed by atoms with E-state index in [9.17, 15) is 4.79 Å². The van der Waals surface area contributed by atoms with Gasteiger partial charge in [-0.2, -0.15) is 0 Å². The Morgan fingerprint density at radius 3 is 2.65 bits per heavy atom. The summed E-state index contributed by atoms with van der Waals surface area (Å²) in [5.74, 6) is -0.184. The van der Waals surface area contributed by atoms with E-state index in [1.165, 1.54) is 0 Å². The monoisotopic (exact) mass is 330 g/mol. The van der Waals surface area contributed by atoms with Gasteiger partial charge in [0.15, 0.2) is 0 Å². The van der Waals surface area contributed by atoms with Crippen molar-refractivity contribution in [1.82, 2.24) is 9.88 Å². The number of likely N-dealkylation sites (N-methyl/N-ethyl adjacent to an activating group) is 1. The Morgan fingerprint density at radius 1 is 1.17 bits per heavy atom. The molecule has 3 rings (SSSR count). The maximum Gasteiger partial charge on any atom is 0.257 e. The van der Waals surface area contributed by atoms with Gasteiger partial charge in [-0.1, -0.05) is 17.7 Å². The summed E-state index contributed by atoms with van der Waals surface area (Å²) in [6.45, 7) is 3.72. The van der Waals surface area contributed by atoms with E-state index in [1.807, 2.05) is 18.2 Å². The van der Waals surface area contributed by atoms with Crippen molar-refractivity contribution in [3.63, 3.8) is 0 Å². The minimum Gasteiger partial charge on any atom is -0.366 e. The molecule has 1 amide bonds. The molecule has 23 heavy (non-hydrogen) atoms. The normalized spacial score (nSPS) is 15.5. The molecule has 6 heteroatoms. The second-order valence-electron chi connectivity index (χ2n) is 5.62. The van der Waals surface area contributed by atoms with Crippen molar-refractivity contribution in [2.24, 2.45) is 0 Å². The number of carbonyl (C=O) groups excluding carboxylic acids is 1. The Labute approximate surface area is 140 Å². The molecule has 0 bridgehead atoms. The minimum absolute atomic E-state index is 0.184. The zero-order valence-electron chi connectivity index (χ0n) is 13.0. The zero-order valence-corrected chi connectivity index (χ0v) is 13.8.